The smallest absolute Gasteiger partial charge is 0.304 e. The Balaban J connectivity index is 0.000000138. The van der Waals surface area contributed by atoms with Gasteiger partial charge in [-0.3, -0.25) is 9.36 Å². The average molecular weight is 963 g/mol. The second-order valence-electron chi connectivity index (χ2n) is 15.7. The molecule has 2 aliphatic rings. The van der Waals surface area contributed by atoms with E-state index in [-0.39, 0.29) is 20.1 Å². The monoisotopic (exact) mass is 963 g/mol. The molecule has 0 aliphatic heterocycles. The van der Waals surface area contributed by atoms with Gasteiger partial charge < -0.3 is 4.98 Å². The summed E-state index contributed by atoms with van der Waals surface area (Å²) >= 11 is 0. The quantitative estimate of drug-likeness (QED) is 0.150. The maximum atomic E-state index is 4.74. The van der Waals surface area contributed by atoms with Crippen LogP contribution in [0.4, 0.5) is 0 Å². The molecular formula is C54H52IrN5. The molecule has 0 saturated heterocycles. The molecule has 2 aliphatic carbocycles. The zero-order valence-corrected chi connectivity index (χ0v) is 36.8. The molecule has 2 saturated carbocycles. The standard InChI is InChI=1S/C23H28N.C16H13N2.C15H11N2.Ir/c1-3-7-18(8-4-1)20-11-13-21(14-12-20)23-16-15-22(17-24-23)19-9-5-2-6-10-19;1-13-8-9-15(18-11-5-10-17-18)12-16(13)14-6-3-2-4-7-14;1-3-7-13(8-4-1)14-11-16-17(12-14)15-9-5-2-6-10-15;/h11-13,15-19H,1-10H2;2-8,10-12H,1H3;1-9,11-12H;/q3*-1;+3. The molecule has 3 aromatic heterocycles. The molecule has 0 radical (unpaired) electrons. The molecule has 302 valence electrons. The molecule has 3 heterocycles. The normalized spacial score (nSPS) is 14.2. The van der Waals surface area contributed by atoms with Gasteiger partial charge in [0.25, 0.3) is 0 Å². The molecule has 60 heavy (non-hydrogen) atoms. The van der Waals surface area contributed by atoms with Crippen LogP contribution in [0.5, 0.6) is 0 Å². The Morgan fingerprint density at radius 2 is 1.23 bits per heavy atom. The molecule has 0 bridgehead atoms. The summed E-state index contributed by atoms with van der Waals surface area (Å²) in [5.74, 6) is 1.49. The number of hydrogen-bond acceptors (Lipinski definition) is 3. The Hall–Kier alpha value is -5.68. The molecule has 8 aromatic rings. The van der Waals surface area contributed by atoms with Crippen LogP contribution < -0.4 is 0 Å². The first-order valence-electron chi connectivity index (χ1n) is 21.3. The van der Waals surface area contributed by atoms with Crippen molar-refractivity contribution in [3.8, 4) is 44.9 Å². The fraction of sp³-hybridized carbons (Fsp3) is 0.241. The van der Waals surface area contributed by atoms with E-state index in [0.29, 0.717) is 0 Å². The fourth-order valence-electron chi connectivity index (χ4n) is 8.31. The van der Waals surface area contributed by atoms with E-state index in [1.165, 1.54) is 97.6 Å². The van der Waals surface area contributed by atoms with E-state index < -0.39 is 0 Å². The van der Waals surface area contributed by atoms with E-state index in [1.807, 2.05) is 88.6 Å². The van der Waals surface area contributed by atoms with Crippen molar-refractivity contribution in [2.75, 3.05) is 0 Å². The summed E-state index contributed by atoms with van der Waals surface area (Å²) in [7, 11) is 0. The third kappa shape index (κ3) is 11.1. The maximum Gasteiger partial charge on any atom is 3.00 e. The Morgan fingerprint density at radius 3 is 1.85 bits per heavy atom. The Kier molecular flexibility index (Phi) is 15.2. The van der Waals surface area contributed by atoms with Crippen LogP contribution >= 0.6 is 0 Å². The van der Waals surface area contributed by atoms with Crippen molar-refractivity contribution in [1.29, 1.82) is 0 Å². The van der Waals surface area contributed by atoms with Crippen LogP contribution in [-0.4, -0.2) is 24.5 Å². The molecule has 10 rings (SSSR count). The average Bonchev–Trinajstić information content (AvgIpc) is 4.06. The van der Waals surface area contributed by atoms with E-state index in [9.17, 15) is 0 Å². The molecule has 5 nitrogen and oxygen atoms in total. The second-order valence-corrected chi connectivity index (χ2v) is 15.7. The summed E-state index contributed by atoms with van der Waals surface area (Å²) in [6, 6.07) is 55.6. The maximum absolute atomic E-state index is 4.74. The van der Waals surface area contributed by atoms with Gasteiger partial charge in [0.05, 0.1) is 6.20 Å². The third-order valence-electron chi connectivity index (χ3n) is 11.7. The van der Waals surface area contributed by atoms with Gasteiger partial charge >= 0.3 is 20.1 Å². The summed E-state index contributed by atoms with van der Waals surface area (Å²) in [6.07, 6.45) is 23.4. The Bertz CT molecular complexity index is 2320. The van der Waals surface area contributed by atoms with Crippen LogP contribution in [0.3, 0.4) is 0 Å². The molecule has 2 fully saturated rings. The SMILES string of the molecule is Cc1c[c-]c(-n2cccn2)cc1-c1ccccc1.[Ir+3].[c-]1cc(C2CCCCC2)ccc1-c1ccc(C2CCCCC2)cn1.[c-]1ccccc1-n1cc(-c2ccccc2)cn1. The molecular weight excluding hydrogens is 911 g/mol. The number of aryl methyl sites for hydroxylation is 1. The zero-order valence-electron chi connectivity index (χ0n) is 34.4. The van der Waals surface area contributed by atoms with Crippen LogP contribution in [-0.2, 0) is 20.1 Å². The largest absolute Gasteiger partial charge is 3.00 e. The van der Waals surface area contributed by atoms with Crippen molar-refractivity contribution < 1.29 is 20.1 Å². The van der Waals surface area contributed by atoms with Crippen LogP contribution in [0.2, 0.25) is 0 Å². The minimum Gasteiger partial charge on any atom is -0.304 e. The summed E-state index contributed by atoms with van der Waals surface area (Å²) in [5, 5.41) is 8.58. The topological polar surface area (TPSA) is 48.5 Å². The van der Waals surface area contributed by atoms with Gasteiger partial charge in [0.15, 0.2) is 0 Å². The van der Waals surface area contributed by atoms with Crippen LogP contribution in [0, 0.1) is 25.1 Å². The molecule has 0 unspecified atom stereocenters. The summed E-state index contributed by atoms with van der Waals surface area (Å²) in [6.45, 7) is 2.10. The molecule has 0 N–H and O–H groups in total. The van der Waals surface area contributed by atoms with Crippen molar-refractivity contribution in [2.45, 2.75) is 83.0 Å². The summed E-state index contributed by atoms with van der Waals surface area (Å²) in [5.41, 5.74) is 13.0. The zero-order chi connectivity index (χ0) is 40.1. The van der Waals surface area contributed by atoms with Gasteiger partial charge in [-0.2, -0.15) is 52.2 Å². The Labute approximate surface area is 369 Å². The van der Waals surface area contributed by atoms with Gasteiger partial charge in [0.2, 0.25) is 0 Å². The predicted octanol–water partition coefficient (Wildman–Crippen LogP) is 13.6. The minimum absolute atomic E-state index is 0. The van der Waals surface area contributed by atoms with Crippen LogP contribution in [0.15, 0.2) is 164 Å². The van der Waals surface area contributed by atoms with Gasteiger partial charge in [-0.1, -0.05) is 137 Å². The van der Waals surface area contributed by atoms with E-state index in [1.54, 1.807) is 6.20 Å². The van der Waals surface area contributed by atoms with Crippen molar-refractivity contribution in [3.05, 3.63) is 199 Å². The van der Waals surface area contributed by atoms with Gasteiger partial charge in [-0.05, 0) is 58.6 Å². The van der Waals surface area contributed by atoms with E-state index in [0.717, 1.165) is 40.0 Å². The number of rotatable bonds is 7. The molecule has 6 heteroatoms. The molecule has 0 atom stereocenters. The summed E-state index contributed by atoms with van der Waals surface area (Å²) < 4.78 is 3.66. The van der Waals surface area contributed by atoms with Crippen LogP contribution in [0.25, 0.3) is 44.9 Å². The first-order valence-corrected chi connectivity index (χ1v) is 21.3. The van der Waals surface area contributed by atoms with Gasteiger partial charge in [-0.25, -0.2) is 0 Å². The number of nitrogens with zero attached hydrogens (tertiary/aromatic N) is 5. The van der Waals surface area contributed by atoms with Gasteiger partial charge in [0.1, 0.15) is 0 Å². The van der Waals surface area contributed by atoms with Crippen molar-refractivity contribution in [1.82, 2.24) is 24.5 Å². The van der Waals surface area contributed by atoms with Gasteiger partial charge in [0, 0.05) is 30.4 Å². The number of hydrogen-bond donors (Lipinski definition) is 0. The number of pyridine rings is 1. The van der Waals surface area contributed by atoms with E-state index in [4.69, 9.17) is 4.98 Å². The van der Waals surface area contributed by atoms with Crippen molar-refractivity contribution in [3.63, 3.8) is 0 Å². The predicted molar refractivity (Wildman–Crippen MR) is 241 cm³/mol. The minimum atomic E-state index is 0. The summed E-state index contributed by atoms with van der Waals surface area (Å²) in [4.78, 5) is 4.74. The fourth-order valence-corrected chi connectivity index (χ4v) is 8.31. The number of para-hydroxylation sites is 1. The molecule has 0 amide bonds. The van der Waals surface area contributed by atoms with Gasteiger partial charge in [-0.15, -0.1) is 53.1 Å². The van der Waals surface area contributed by atoms with E-state index in [2.05, 4.69) is 114 Å². The molecule has 5 aromatic carbocycles. The first-order chi connectivity index (χ1) is 29.2. The Morgan fingerprint density at radius 1 is 0.550 bits per heavy atom. The number of aromatic nitrogens is 5. The van der Waals surface area contributed by atoms with Crippen LogP contribution in [0.1, 0.15) is 92.7 Å². The third-order valence-corrected chi connectivity index (χ3v) is 11.7. The first kappa shape index (κ1) is 42.4. The molecule has 0 spiro atoms. The van der Waals surface area contributed by atoms with E-state index >= 15 is 0 Å². The van der Waals surface area contributed by atoms with Crippen molar-refractivity contribution >= 4 is 0 Å². The number of benzene rings is 5. The van der Waals surface area contributed by atoms with Crippen molar-refractivity contribution in [2.24, 2.45) is 0 Å². The second kappa shape index (κ2) is 21.5.